The lowest BCUT2D eigenvalue weighted by Crippen LogP contribution is -2.41. The molecule has 3 rings (SSSR count). The zero-order valence-electron chi connectivity index (χ0n) is 12.2. The summed E-state index contributed by atoms with van der Waals surface area (Å²) in [6, 6.07) is 10.8. The van der Waals surface area contributed by atoms with Gasteiger partial charge in [0, 0.05) is 30.3 Å². The fourth-order valence-electron chi connectivity index (χ4n) is 2.52. The minimum Gasteiger partial charge on any atom is -0.315 e. The van der Waals surface area contributed by atoms with E-state index in [0.717, 1.165) is 36.7 Å². The summed E-state index contributed by atoms with van der Waals surface area (Å²) in [7, 11) is 0. The van der Waals surface area contributed by atoms with Gasteiger partial charge >= 0.3 is 0 Å². The van der Waals surface area contributed by atoms with Crippen LogP contribution >= 0.6 is 0 Å². The number of hydrogen-bond acceptors (Lipinski definition) is 3. The molecule has 1 aromatic heterocycles. The molecule has 2 aromatic rings. The Morgan fingerprint density at radius 2 is 1.90 bits per heavy atom. The van der Waals surface area contributed by atoms with Crippen molar-refractivity contribution in [1.29, 1.82) is 0 Å². The lowest BCUT2D eigenvalue weighted by atomic mass is 10.0. The van der Waals surface area contributed by atoms with E-state index in [0.29, 0.717) is 5.92 Å². The third-order valence-corrected chi connectivity index (χ3v) is 3.81. The van der Waals surface area contributed by atoms with Crippen molar-refractivity contribution in [2.45, 2.75) is 32.6 Å². The molecule has 1 saturated heterocycles. The number of benzene rings is 1. The number of nitrogens with zero attached hydrogens (tertiary/aromatic N) is 2. The highest BCUT2D eigenvalue weighted by Crippen LogP contribution is 2.23. The van der Waals surface area contributed by atoms with Crippen LogP contribution in [0, 0.1) is 6.92 Å². The molecule has 0 amide bonds. The molecule has 1 fully saturated rings. The molecule has 1 aliphatic rings. The highest BCUT2D eigenvalue weighted by molar-refractivity contribution is 5.59. The molecule has 0 bridgehead atoms. The summed E-state index contributed by atoms with van der Waals surface area (Å²) in [6.07, 6.45) is 2.33. The monoisotopic (exact) mass is 267 g/mol. The maximum Gasteiger partial charge on any atom is 0.134 e. The summed E-state index contributed by atoms with van der Waals surface area (Å²) in [4.78, 5) is 9.33. The van der Waals surface area contributed by atoms with Crippen molar-refractivity contribution >= 4 is 0 Å². The Morgan fingerprint density at radius 3 is 2.50 bits per heavy atom. The summed E-state index contributed by atoms with van der Waals surface area (Å²) in [5.74, 6) is 1.46. The molecule has 20 heavy (non-hydrogen) atoms. The van der Waals surface area contributed by atoms with Crippen molar-refractivity contribution in [3.63, 3.8) is 0 Å². The van der Waals surface area contributed by atoms with E-state index >= 15 is 0 Å². The predicted molar refractivity (Wildman–Crippen MR) is 81.8 cm³/mol. The Hall–Kier alpha value is -1.74. The van der Waals surface area contributed by atoms with Crippen LogP contribution < -0.4 is 5.32 Å². The molecule has 3 nitrogen and oxygen atoms in total. The summed E-state index contributed by atoms with van der Waals surface area (Å²) in [6.45, 7) is 6.25. The molecule has 1 N–H and O–H groups in total. The van der Waals surface area contributed by atoms with Crippen molar-refractivity contribution in [1.82, 2.24) is 15.3 Å². The average molecular weight is 267 g/mol. The summed E-state index contributed by atoms with van der Waals surface area (Å²) in [5.41, 5.74) is 4.67. The molecule has 0 spiro atoms. The third-order valence-electron chi connectivity index (χ3n) is 3.81. The van der Waals surface area contributed by atoms with Gasteiger partial charge in [-0.1, -0.05) is 37.6 Å². The molecule has 1 aliphatic heterocycles. The van der Waals surface area contributed by atoms with Crippen LogP contribution in [0.4, 0.5) is 0 Å². The van der Waals surface area contributed by atoms with Crippen LogP contribution in [-0.2, 0) is 6.42 Å². The topological polar surface area (TPSA) is 37.8 Å². The molecule has 0 aliphatic carbocycles. The number of aryl methyl sites for hydroxylation is 2. The smallest absolute Gasteiger partial charge is 0.134 e. The molecule has 104 valence electrons. The van der Waals surface area contributed by atoms with E-state index in [2.05, 4.69) is 47.6 Å². The normalized spacial score (nSPS) is 15.1. The van der Waals surface area contributed by atoms with Gasteiger partial charge in [0.1, 0.15) is 5.82 Å². The first-order chi connectivity index (χ1) is 9.76. The van der Waals surface area contributed by atoms with Gasteiger partial charge < -0.3 is 5.32 Å². The quantitative estimate of drug-likeness (QED) is 0.925. The fraction of sp³-hybridized carbons (Fsp3) is 0.412. The van der Waals surface area contributed by atoms with E-state index in [1.165, 1.54) is 17.5 Å². The first-order valence-corrected chi connectivity index (χ1v) is 7.42. The van der Waals surface area contributed by atoms with Gasteiger partial charge in [0.2, 0.25) is 0 Å². The highest BCUT2D eigenvalue weighted by Gasteiger charge is 2.22. The Bertz CT molecular complexity index is 586. The maximum absolute atomic E-state index is 4.75. The van der Waals surface area contributed by atoms with Gasteiger partial charge in [-0.15, -0.1) is 0 Å². The molecule has 2 heterocycles. The van der Waals surface area contributed by atoms with E-state index in [-0.39, 0.29) is 0 Å². The van der Waals surface area contributed by atoms with E-state index in [9.17, 15) is 0 Å². The standard InChI is InChI=1S/C17H21N3/c1-3-4-13-5-7-14(8-6-13)16-9-12(2)19-17(20-16)15-10-18-11-15/h5-9,15,18H,3-4,10-11H2,1-2H3. The van der Waals surface area contributed by atoms with E-state index in [4.69, 9.17) is 4.98 Å². The van der Waals surface area contributed by atoms with Crippen LogP contribution in [0.25, 0.3) is 11.3 Å². The zero-order chi connectivity index (χ0) is 13.9. The van der Waals surface area contributed by atoms with Gasteiger partial charge in [-0.05, 0) is 25.0 Å². The van der Waals surface area contributed by atoms with E-state index in [1.807, 2.05) is 6.92 Å². The average Bonchev–Trinajstić information content (AvgIpc) is 2.37. The fourth-order valence-corrected chi connectivity index (χ4v) is 2.52. The minimum atomic E-state index is 0.480. The van der Waals surface area contributed by atoms with Crippen molar-refractivity contribution in [2.24, 2.45) is 0 Å². The second-order valence-corrected chi connectivity index (χ2v) is 5.55. The molecule has 0 radical (unpaired) electrons. The van der Waals surface area contributed by atoms with Crippen molar-refractivity contribution in [3.8, 4) is 11.3 Å². The van der Waals surface area contributed by atoms with Gasteiger partial charge in [0.05, 0.1) is 5.69 Å². The summed E-state index contributed by atoms with van der Waals surface area (Å²) < 4.78 is 0. The van der Waals surface area contributed by atoms with Crippen LogP contribution in [0.5, 0.6) is 0 Å². The molecule has 1 aromatic carbocycles. The Morgan fingerprint density at radius 1 is 1.15 bits per heavy atom. The lowest BCUT2D eigenvalue weighted by Gasteiger charge is -2.26. The predicted octanol–water partition coefficient (Wildman–Crippen LogP) is 3.09. The second-order valence-electron chi connectivity index (χ2n) is 5.55. The largest absolute Gasteiger partial charge is 0.315 e. The molecular weight excluding hydrogens is 246 g/mol. The molecule has 0 saturated carbocycles. The lowest BCUT2D eigenvalue weighted by molar-refractivity contribution is 0.429. The van der Waals surface area contributed by atoms with Gasteiger partial charge in [-0.2, -0.15) is 0 Å². The van der Waals surface area contributed by atoms with Crippen molar-refractivity contribution in [3.05, 3.63) is 47.4 Å². The van der Waals surface area contributed by atoms with Crippen molar-refractivity contribution < 1.29 is 0 Å². The van der Waals surface area contributed by atoms with Crippen LogP contribution in [0.1, 0.15) is 36.3 Å². The summed E-state index contributed by atoms with van der Waals surface area (Å²) >= 11 is 0. The van der Waals surface area contributed by atoms with E-state index in [1.54, 1.807) is 0 Å². The van der Waals surface area contributed by atoms with E-state index < -0.39 is 0 Å². The summed E-state index contributed by atoms with van der Waals surface area (Å²) in [5, 5.41) is 3.28. The molecule has 0 unspecified atom stereocenters. The van der Waals surface area contributed by atoms with Crippen LogP contribution in [-0.4, -0.2) is 23.1 Å². The van der Waals surface area contributed by atoms with Crippen LogP contribution in [0.3, 0.4) is 0 Å². The Labute approximate surface area is 120 Å². The SMILES string of the molecule is CCCc1ccc(-c2cc(C)nc(C3CNC3)n2)cc1. The number of nitrogens with one attached hydrogen (secondary N) is 1. The number of rotatable bonds is 4. The van der Waals surface area contributed by atoms with Gasteiger partial charge in [0.15, 0.2) is 0 Å². The third kappa shape index (κ3) is 2.73. The Balaban J connectivity index is 1.90. The van der Waals surface area contributed by atoms with Gasteiger partial charge in [0.25, 0.3) is 0 Å². The number of aromatic nitrogens is 2. The zero-order valence-corrected chi connectivity index (χ0v) is 12.2. The first kappa shape index (κ1) is 13.3. The minimum absolute atomic E-state index is 0.480. The Kier molecular flexibility index (Phi) is 3.79. The molecule has 3 heteroatoms. The van der Waals surface area contributed by atoms with Gasteiger partial charge in [-0.25, -0.2) is 9.97 Å². The maximum atomic E-state index is 4.75. The number of hydrogen-bond donors (Lipinski definition) is 1. The molecular formula is C17H21N3. The first-order valence-electron chi connectivity index (χ1n) is 7.42. The second kappa shape index (κ2) is 5.71. The van der Waals surface area contributed by atoms with Crippen molar-refractivity contribution in [2.75, 3.05) is 13.1 Å². The van der Waals surface area contributed by atoms with Crippen LogP contribution in [0.15, 0.2) is 30.3 Å². The van der Waals surface area contributed by atoms with Gasteiger partial charge in [-0.3, -0.25) is 0 Å². The highest BCUT2D eigenvalue weighted by atomic mass is 15.0. The molecule has 0 atom stereocenters. The van der Waals surface area contributed by atoms with Crippen LogP contribution in [0.2, 0.25) is 0 Å².